The van der Waals surface area contributed by atoms with Gasteiger partial charge in [0.05, 0.1) is 0 Å². The van der Waals surface area contributed by atoms with Gasteiger partial charge in [-0.05, 0) is 20.3 Å². The molecule has 0 amide bonds. The normalized spacial score (nSPS) is 11.4. The monoisotopic (exact) mass is 239 g/mol. The van der Waals surface area contributed by atoms with E-state index in [-0.39, 0.29) is 5.54 Å². The van der Waals surface area contributed by atoms with E-state index in [1.54, 1.807) is 13.2 Å². The first-order valence-corrected chi connectivity index (χ1v) is 5.62. The van der Waals surface area contributed by atoms with Crippen LogP contribution in [0.15, 0.2) is 6.07 Å². The summed E-state index contributed by atoms with van der Waals surface area (Å²) >= 11 is 0. The van der Waals surface area contributed by atoms with Crippen molar-refractivity contribution in [2.75, 3.05) is 17.9 Å². The second-order valence-corrected chi connectivity index (χ2v) is 4.49. The highest BCUT2D eigenvalue weighted by molar-refractivity contribution is 5.48. The molecule has 6 nitrogen and oxygen atoms in total. The predicted molar refractivity (Wildman–Crippen MR) is 68.5 cm³/mol. The van der Waals surface area contributed by atoms with Crippen molar-refractivity contribution >= 4 is 11.6 Å². The first-order valence-electron chi connectivity index (χ1n) is 5.62. The number of nitrogens with two attached hydrogens (primary N) is 1. The van der Waals surface area contributed by atoms with Gasteiger partial charge in [0.1, 0.15) is 18.2 Å². The van der Waals surface area contributed by atoms with E-state index in [1.807, 2.05) is 0 Å². The number of methoxy groups -OCH3 is 1. The third-order valence-corrected chi connectivity index (χ3v) is 2.54. The zero-order chi connectivity index (χ0) is 12.9. The summed E-state index contributed by atoms with van der Waals surface area (Å²) in [6.07, 6.45) is 0.988. The number of hydrazine groups is 1. The molecular formula is C11H21N5O. The van der Waals surface area contributed by atoms with Gasteiger partial charge in [0.25, 0.3) is 0 Å². The maximum absolute atomic E-state index is 5.37. The SMILES string of the molecule is CCC(C)(C)Nc1cc(NN)nc(COC)n1. The summed E-state index contributed by atoms with van der Waals surface area (Å²) in [5.74, 6) is 7.28. The third-order valence-electron chi connectivity index (χ3n) is 2.54. The first-order chi connectivity index (χ1) is 8.00. The highest BCUT2D eigenvalue weighted by atomic mass is 16.5. The van der Waals surface area contributed by atoms with Gasteiger partial charge in [-0.25, -0.2) is 15.8 Å². The van der Waals surface area contributed by atoms with Crippen molar-refractivity contribution in [3.8, 4) is 0 Å². The minimum atomic E-state index is -0.0233. The fourth-order valence-electron chi connectivity index (χ4n) is 1.26. The number of hydrogen-bond donors (Lipinski definition) is 3. The van der Waals surface area contributed by atoms with Crippen molar-refractivity contribution in [1.29, 1.82) is 0 Å². The van der Waals surface area contributed by atoms with Gasteiger partial charge in [0.15, 0.2) is 5.82 Å². The average molecular weight is 239 g/mol. The largest absolute Gasteiger partial charge is 0.377 e. The van der Waals surface area contributed by atoms with Crippen molar-refractivity contribution in [1.82, 2.24) is 9.97 Å². The highest BCUT2D eigenvalue weighted by Crippen LogP contribution is 2.18. The lowest BCUT2D eigenvalue weighted by molar-refractivity contribution is 0.178. The van der Waals surface area contributed by atoms with Crippen molar-refractivity contribution in [2.45, 2.75) is 39.3 Å². The molecule has 0 fully saturated rings. The van der Waals surface area contributed by atoms with Crippen LogP contribution in [0.4, 0.5) is 11.6 Å². The molecule has 0 aliphatic heterocycles. The minimum Gasteiger partial charge on any atom is -0.377 e. The summed E-state index contributed by atoms with van der Waals surface area (Å²) in [6, 6.07) is 1.77. The fraction of sp³-hybridized carbons (Fsp3) is 0.636. The van der Waals surface area contributed by atoms with Gasteiger partial charge in [-0.1, -0.05) is 6.92 Å². The van der Waals surface area contributed by atoms with E-state index in [0.717, 1.165) is 12.2 Å². The van der Waals surface area contributed by atoms with Crippen molar-refractivity contribution in [3.05, 3.63) is 11.9 Å². The molecule has 4 N–H and O–H groups in total. The Morgan fingerprint density at radius 1 is 1.35 bits per heavy atom. The molecule has 1 aromatic heterocycles. The second-order valence-electron chi connectivity index (χ2n) is 4.49. The Balaban J connectivity index is 2.94. The van der Waals surface area contributed by atoms with E-state index in [4.69, 9.17) is 10.6 Å². The Kier molecular flexibility index (Phi) is 4.65. The van der Waals surface area contributed by atoms with Crippen molar-refractivity contribution in [2.24, 2.45) is 5.84 Å². The lowest BCUT2D eigenvalue weighted by atomic mass is 10.0. The molecule has 0 aromatic carbocycles. The smallest absolute Gasteiger partial charge is 0.158 e. The molecule has 6 heteroatoms. The molecule has 0 atom stereocenters. The first kappa shape index (κ1) is 13.7. The zero-order valence-corrected chi connectivity index (χ0v) is 10.9. The summed E-state index contributed by atoms with van der Waals surface area (Å²) in [7, 11) is 1.61. The van der Waals surface area contributed by atoms with E-state index < -0.39 is 0 Å². The van der Waals surface area contributed by atoms with Crippen LogP contribution in [-0.2, 0) is 11.3 Å². The van der Waals surface area contributed by atoms with Gasteiger partial charge < -0.3 is 15.5 Å². The molecule has 0 aliphatic rings. The number of nitrogens with zero attached hydrogens (tertiary/aromatic N) is 2. The Morgan fingerprint density at radius 3 is 2.53 bits per heavy atom. The summed E-state index contributed by atoms with van der Waals surface area (Å²) < 4.78 is 5.02. The molecule has 0 saturated carbocycles. The summed E-state index contributed by atoms with van der Waals surface area (Å²) in [5.41, 5.74) is 2.50. The van der Waals surface area contributed by atoms with Gasteiger partial charge in [0, 0.05) is 18.7 Å². The summed E-state index contributed by atoms with van der Waals surface area (Å²) in [5, 5.41) is 3.34. The third kappa shape index (κ3) is 4.16. The van der Waals surface area contributed by atoms with Gasteiger partial charge in [-0.3, -0.25) is 0 Å². The molecule has 1 heterocycles. The average Bonchev–Trinajstić information content (AvgIpc) is 2.28. The second kappa shape index (κ2) is 5.79. The maximum atomic E-state index is 5.37. The number of aromatic nitrogens is 2. The Hall–Kier alpha value is -1.40. The number of rotatable bonds is 6. The predicted octanol–water partition coefficient (Wildman–Crippen LogP) is 1.51. The van der Waals surface area contributed by atoms with Crippen molar-refractivity contribution in [3.63, 3.8) is 0 Å². The molecule has 0 saturated heterocycles. The fourth-order valence-corrected chi connectivity index (χ4v) is 1.26. The Bertz CT molecular complexity index is 367. The summed E-state index contributed by atoms with van der Waals surface area (Å²) in [4.78, 5) is 8.55. The topological polar surface area (TPSA) is 85.1 Å². The lowest BCUT2D eigenvalue weighted by Crippen LogP contribution is -2.30. The number of nitrogen functional groups attached to an aromatic ring is 1. The lowest BCUT2D eigenvalue weighted by Gasteiger charge is -2.25. The molecule has 1 aromatic rings. The quantitative estimate of drug-likeness (QED) is 0.515. The molecule has 0 unspecified atom stereocenters. The molecule has 0 spiro atoms. The van der Waals surface area contributed by atoms with E-state index in [0.29, 0.717) is 18.2 Å². The van der Waals surface area contributed by atoms with E-state index >= 15 is 0 Å². The minimum absolute atomic E-state index is 0.0233. The van der Waals surface area contributed by atoms with Gasteiger partial charge in [0.2, 0.25) is 0 Å². The molecule has 96 valence electrons. The van der Waals surface area contributed by atoms with Gasteiger partial charge in [-0.15, -0.1) is 0 Å². The van der Waals surface area contributed by atoms with Gasteiger partial charge in [-0.2, -0.15) is 0 Å². The molecular weight excluding hydrogens is 218 g/mol. The maximum Gasteiger partial charge on any atom is 0.158 e. The van der Waals surface area contributed by atoms with Crippen LogP contribution < -0.4 is 16.6 Å². The standard InChI is InChI=1S/C11H21N5O/c1-5-11(2,3)15-8-6-9(16-12)14-10(13-8)7-17-4/h6H,5,7,12H2,1-4H3,(H2,13,14,15,16). The Morgan fingerprint density at radius 2 is 2.00 bits per heavy atom. The van der Waals surface area contributed by atoms with Crippen LogP contribution in [0, 0.1) is 0 Å². The number of nitrogens with one attached hydrogen (secondary N) is 2. The van der Waals surface area contributed by atoms with E-state index in [1.165, 1.54) is 0 Å². The van der Waals surface area contributed by atoms with Crippen LogP contribution in [0.2, 0.25) is 0 Å². The van der Waals surface area contributed by atoms with Gasteiger partial charge >= 0.3 is 0 Å². The molecule has 0 bridgehead atoms. The number of hydrogen-bond acceptors (Lipinski definition) is 6. The number of ether oxygens (including phenoxy) is 1. The highest BCUT2D eigenvalue weighted by Gasteiger charge is 2.16. The van der Waals surface area contributed by atoms with E-state index in [2.05, 4.69) is 41.5 Å². The van der Waals surface area contributed by atoms with Crippen LogP contribution in [0.5, 0.6) is 0 Å². The zero-order valence-electron chi connectivity index (χ0n) is 10.9. The Labute approximate surface area is 102 Å². The van der Waals surface area contributed by atoms with Crippen LogP contribution in [0.25, 0.3) is 0 Å². The van der Waals surface area contributed by atoms with Crippen LogP contribution >= 0.6 is 0 Å². The molecule has 17 heavy (non-hydrogen) atoms. The van der Waals surface area contributed by atoms with Crippen molar-refractivity contribution < 1.29 is 4.74 Å². The van der Waals surface area contributed by atoms with E-state index in [9.17, 15) is 0 Å². The number of anilines is 2. The summed E-state index contributed by atoms with van der Waals surface area (Å²) in [6.45, 7) is 6.70. The van der Waals surface area contributed by atoms with Crippen LogP contribution in [-0.4, -0.2) is 22.6 Å². The molecule has 1 rings (SSSR count). The molecule has 0 radical (unpaired) electrons. The van der Waals surface area contributed by atoms with Crippen LogP contribution in [0.3, 0.4) is 0 Å². The van der Waals surface area contributed by atoms with Crippen LogP contribution in [0.1, 0.15) is 33.0 Å². The molecule has 0 aliphatic carbocycles.